The smallest absolute Gasteiger partial charge is 0.316 e. The fourth-order valence-corrected chi connectivity index (χ4v) is 1.96. The van der Waals surface area contributed by atoms with Crippen molar-refractivity contribution < 1.29 is 14.7 Å². The van der Waals surface area contributed by atoms with Crippen LogP contribution in [0.4, 0.5) is 16.2 Å². The summed E-state index contributed by atoms with van der Waals surface area (Å²) in [4.78, 5) is 22.6. The second kappa shape index (κ2) is 5.68. The molecule has 0 aliphatic carbocycles. The van der Waals surface area contributed by atoms with Gasteiger partial charge in [0, 0.05) is 17.9 Å². The molecule has 0 aromatic heterocycles. The second-order valence-corrected chi connectivity index (χ2v) is 4.41. The number of carbonyl (C=O) groups excluding carboxylic acids is 2. The maximum absolute atomic E-state index is 11.9. The van der Waals surface area contributed by atoms with Gasteiger partial charge in [-0.15, -0.1) is 0 Å². The van der Waals surface area contributed by atoms with E-state index in [0.717, 1.165) is 0 Å². The molecule has 7 heteroatoms. The van der Waals surface area contributed by atoms with Crippen LogP contribution in [-0.2, 0) is 4.79 Å². The van der Waals surface area contributed by atoms with Crippen LogP contribution in [0.25, 0.3) is 0 Å². The highest BCUT2D eigenvalue weighted by molar-refractivity contribution is 5.96. The zero-order chi connectivity index (χ0) is 13.8. The Bertz CT molecular complexity index is 492. The molecule has 102 valence electrons. The molecule has 0 radical (unpaired) electrons. The predicted octanol–water partition coefficient (Wildman–Crippen LogP) is -0.162. The molecule has 19 heavy (non-hydrogen) atoms. The Kier molecular flexibility index (Phi) is 3.98. The number of aliphatic hydroxyl groups excluding tert-OH is 1. The van der Waals surface area contributed by atoms with E-state index in [9.17, 15) is 14.7 Å². The van der Waals surface area contributed by atoms with Crippen molar-refractivity contribution in [1.82, 2.24) is 5.32 Å². The summed E-state index contributed by atoms with van der Waals surface area (Å²) in [6.45, 7) is 0.418. The molecule has 3 amide bonds. The molecule has 6 N–H and O–H groups in total. The average molecular weight is 264 g/mol. The highest BCUT2D eigenvalue weighted by Gasteiger charge is 2.27. The van der Waals surface area contributed by atoms with E-state index in [4.69, 9.17) is 5.73 Å². The van der Waals surface area contributed by atoms with E-state index >= 15 is 0 Å². The molecule has 1 aromatic rings. The molecule has 1 aliphatic rings. The largest absolute Gasteiger partial charge is 0.392 e. The lowest BCUT2D eigenvalue weighted by Gasteiger charge is -2.12. The summed E-state index contributed by atoms with van der Waals surface area (Å²) in [5.41, 5.74) is 6.07. The fourth-order valence-electron chi connectivity index (χ4n) is 1.96. The zero-order valence-electron chi connectivity index (χ0n) is 10.2. The standard InChI is InChI=1S/C12H16N4O3/c13-12(19)16-8-3-1-2-7(4-8)15-11(18)10-5-9(17)6-14-10/h1-4,9-10,14,17H,5-6H2,(H,15,18)(H3,13,16,19). The monoisotopic (exact) mass is 264 g/mol. The van der Waals surface area contributed by atoms with E-state index in [2.05, 4.69) is 16.0 Å². The lowest BCUT2D eigenvalue weighted by molar-refractivity contribution is -0.117. The molecule has 0 spiro atoms. The number of nitrogens with two attached hydrogens (primary N) is 1. The third-order valence-electron chi connectivity index (χ3n) is 2.82. The van der Waals surface area contributed by atoms with Gasteiger partial charge in [0.1, 0.15) is 0 Å². The van der Waals surface area contributed by atoms with Gasteiger partial charge in [0.15, 0.2) is 0 Å². The van der Waals surface area contributed by atoms with Gasteiger partial charge in [0.25, 0.3) is 0 Å². The van der Waals surface area contributed by atoms with Crippen LogP contribution in [0.3, 0.4) is 0 Å². The third-order valence-corrected chi connectivity index (χ3v) is 2.82. The lowest BCUT2D eigenvalue weighted by Crippen LogP contribution is -2.35. The minimum absolute atomic E-state index is 0.215. The number of urea groups is 1. The van der Waals surface area contributed by atoms with Gasteiger partial charge >= 0.3 is 6.03 Å². The molecule has 1 aromatic carbocycles. The number of anilines is 2. The van der Waals surface area contributed by atoms with Crippen LogP contribution in [0.2, 0.25) is 0 Å². The maximum Gasteiger partial charge on any atom is 0.316 e. The fraction of sp³-hybridized carbons (Fsp3) is 0.333. The van der Waals surface area contributed by atoms with Gasteiger partial charge in [0.05, 0.1) is 12.1 Å². The third kappa shape index (κ3) is 3.67. The highest BCUT2D eigenvalue weighted by atomic mass is 16.3. The predicted molar refractivity (Wildman–Crippen MR) is 70.7 cm³/mol. The number of amides is 3. The summed E-state index contributed by atoms with van der Waals surface area (Å²) in [5.74, 6) is -0.215. The second-order valence-electron chi connectivity index (χ2n) is 4.41. The first-order valence-electron chi connectivity index (χ1n) is 5.93. The summed E-state index contributed by atoms with van der Waals surface area (Å²) in [6.07, 6.45) is -0.0935. The Morgan fingerprint density at radius 3 is 2.58 bits per heavy atom. The number of benzene rings is 1. The molecule has 1 fully saturated rings. The first-order valence-corrected chi connectivity index (χ1v) is 5.93. The Hall–Kier alpha value is -2.12. The zero-order valence-corrected chi connectivity index (χ0v) is 10.2. The molecular weight excluding hydrogens is 248 g/mol. The number of aliphatic hydroxyl groups is 1. The van der Waals surface area contributed by atoms with Crippen LogP contribution in [-0.4, -0.2) is 35.7 Å². The topological polar surface area (TPSA) is 116 Å². The molecular formula is C12H16N4O3. The van der Waals surface area contributed by atoms with Crippen LogP contribution in [0, 0.1) is 0 Å². The minimum atomic E-state index is -0.663. The van der Waals surface area contributed by atoms with Crippen molar-refractivity contribution in [3.8, 4) is 0 Å². The molecule has 1 saturated heterocycles. The molecule has 1 aliphatic heterocycles. The van der Waals surface area contributed by atoms with E-state index < -0.39 is 18.2 Å². The lowest BCUT2D eigenvalue weighted by atomic mass is 10.2. The van der Waals surface area contributed by atoms with Crippen LogP contribution in [0.1, 0.15) is 6.42 Å². The number of rotatable bonds is 3. The Balaban J connectivity index is 1.98. The van der Waals surface area contributed by atoms with Crippen molar-refractivity contribution in [3.05, 3.63) is 24.3 Å². The van der Waals surface area contributed by atoms with Crippen molar-refractivity contribution >= 4 is 23.3 Å². The SMILES string of the molecule is NC(=O)Nc1cccc(NC(=O)C2CC(O)CN2)c1. The number of hydrogen-bond acceptors (Lipinski definition) is 4. The van der Waals surface area contributed by atoms with Gasteiger partial charge in [-0.2, -0.15) is 0 Å². The summed E-state index contributed by atoms with van der Waals surface area (Å²) >= 11 is 0. The van der Waals surface area contributed by atoms with E-state index in [1.54, 1.807) is 24.3 Å². The van der Waals surface area contributed by atoms with Crippen LogP contribution < -0.4 is 21.7 Å². The van der Waals surface area contributed by atoms with Gasteiger partial charge in [-0.1, -0.05) is 6.07 Å². The number of nitrogens with one attached hydrogen (secondary N) is 3. The molecule has 0 bridgehead atoms. The summed E-state index contributed by atoms with van der Waals surface area (Å²) in [7, 11) is 0. The Morgan fingerprint density at radius 1 is 1.32 bits per heavy atom. The Morgan fingerprint density at radius 2 is 2.00 bits per heavy atom. The molecule has 7 nitrogen and oxygen atoms in total. The van der Waals surface area contributed by atoms with Gasteiger partial charge < -0.3 is 26.8 Å². The van der Waals surface area contributed by atoms with Crippen LogP contribution in [0.15, 0.2) is 24.3 Å². The summed E-state index contributed by atoms with van der Waals surface area (Å²) in [6, 6.07) is 5.60. The van der Waals surface area contributed by atoms with Gasteiger partial charge in [0.2, 0.25) is 5.91 Å². The normalized spacial score (nSPS) is 21.9. The highest BCUT2D eigenvalue weighted by Crippen LogP contribution is 2.16. The molecule has 0 saturated carbocycles. The van der Waals surface area contributed by atoms with Gasteiger partial charge in [-0.05, 0) is 24.6 Å². The molecule has 2 atom stereocenters. The van der Waals surface area contributed by atoms with Crippen molar-refractivity contribution in [1.29, 1.82) is 0 Å². The summed E-state index contributed by atoms with van der Waals surface area (Å²) < 4.78 is 0. The van der Waals surface area contributed by atoms with E-state index in [0.29, 0.717) is 24.3 Å². The van der Waals surface area contributed by atoms with Crippen molar-refractivity contribution in [2.24, 2.45) is 5.73 Å². The number of carbonyl (C=O) groups is 2. The van der Waals surface area contributed by atoms with Gasteiger partial charge in [-0.25, -0.2) is 4.79 Å². The van der Waals surface area contributed by atoms with Crippen molar-refractivity contribution in [3.63, 3.8) is 0 Å². The quantitative estimate of drug-likeness (QED) is 0.521. The first-order chi connectivity index (χ1) is 9.04. The van der Waals surface area contributed by atoms with E-state index in [1.165, 1.54) is 0 Å². The van der Waals surface area contributed by atoms with Gasteiger partial charge in [-0.3, -0.25) is 4.79 Å². The molecule has 2 rings (SSSR count). The Labute approximate surface area is 110 Å². The summed E-state index contributed by atoms with van der Waals surface area (Å²) in [5, 5.41) is 17.4. The van der Waals surface area contributed by atoms with E-state index in [-0.39, 0.29) is 5.91 Å². The number of primary amides is 1. The van der Waals surface area contributed by atoms with E-state index in [1.807, 2.05) is 0 Å². The number of β-amino-alcohol motifs (C(OH)–C–C–N with tert-alkyl or cyclic N) is 1. The maximum atomic E-state index is 11.9. The minimum Gasteiger partial charge on any atom is -0.392 e. The van der Waals surface area contributed by atoms with Crippen molar-refractivity contribution in [2.75, 3.05) is 17.2 Å². The van der Waals surface area contributed by atoms with Crippen LogP contribution >= 0.6 is 0 Å². The van der Waals surface area contributed by atoms with Crippen molar-refractivity contribution in [2.45, 2.75) is 18.6 Å². The van der Waals surface area contributed by atoms with Crippen LogP contribution in [0.5, 0.6) is 0 Å². The first kappa shape index (κ1) is 13.3. The average Bonchev–Trinajstić information content (AvgIpc) is 2.75. The molecule has 2 unspecified atom stereocenters. The number of hydrogen-bond donors (Lipinski definition) is 5. The molecule has 1 heterocycles.